The maximum Gasteiger partial charge on any atom is 0.166 e. The van der Waals surface area contributed by atoms with Gasteiger partial charge in [-0.25, -0.2) is 9.97 Å². The summed E-state index contributed by atoms with van der Waals surface area (Å²) in [7, 11) is 0. The average Bonchev–Trinajstić information content (AvgIpc) is 2.92. The van der Waals surface area contributed by atoms with Crippen molar-refractivity contribution in [2.45, 2.75) is 32.1 Å². The van der Waals surface area contributed by atoms with Crippen molar-refractivity contribution >= 4 is 5.78 Å². The number of Topliss-reactive ketones (excluding diaryl/α,β-unsaturated/α-hetero) is 1. The van der Waals surface area contributed by atoms with Gasteiger partial charge in [0.1, 0.15) is 6.33 Å². The van der Waals surface area contributed by atoms with Crippen LogP contribution in [0.1, 0.15) is 42.5 Å². The fourth-order valence-corrected chi connectivity index (χ4v) is 3.43. The molecular formula is C13H16N2O. The highest BCUT2D eigenvalue weighted by Gasteiger charge is 2.40. The standard InChI is InChI=1S/C13H16N2O/c16-13(12-6-14-8-15-7-12)5-11-4-9-1-2-10(11)3-9/h6-11H,1-5H2. The van der Waals surface area contributed by atoms with E-state index in [1.165, 1.54) is 32.0 Å². The van der Waals surface area contributed by atoms with Crippen molar-refractivity contribution in [3.63, 3.8) is 0 Å². The van der Waals surface area contributed by atoms with Crippen LogP contribution < -0.4 is 0 Å². The first kappa shape index (κ1) is 9.94. The zero-order chi connectivity index (χ0) is 11.0. The largest absolute Gasteiger partial charge is 0.294 e. The highest BCUT2D eigenvalue weighted by Crippen LogP contribution is 2.49. The molecular weight excluding hydrogens is 200 g/mol. The molecule has 0 N–H and O–H groups in total. The summed E-state index contributed by atoms with van der Waals surface area (Å²) in [6.07, 6.45) is 10.8. The third kappa shape index (κ3) is 1.75. The van der Waals surface area contributed by atoms with E-state index in [2.05, 4.69) is 9.97 Å². The molecule has 0 saturated heterocycles. The number of hydrogen-bond donors (Lipinski definition) is 0. The summed E-state index contributed by atoms with van der Waals surface area (Å²) in [6, 6.07) is 0. The monoisotopic (exact) mass is 216 g/mol. The van der Waals surface area contributed by atoms with Crippen LogP contribution in [-0.4, -0.2) is 15.8 Å². The van der Waals surface area contributed by atoms with E-state index < -0.39 is 0 Å². The van der Waals surface area contributed by atoms with Gasteiger partial charge in [-0.3, -0.25) is 4.79 Å². The van der Waals surface area contributed by atoms with E-state index in [9.17, 15) is 4.79 Å². The Balaban J connectivity index is 1.65. The normalized spacial score (nSPS) is 31.9. The molecule has 3 atom stereocenters. The first-order valence-electron chi connectivity index (χ1n) is 6.11. The molecule has 3 heteroatoms. The Kier molecular flexibility index (Phi) is 2.46. The molecule has 3 unspecified atom stereocenters. The molecule has 2 aliphatic rings. The predicted molar refractivity (Wildman–Crippen MR) is 59.9 cm³/mol. The van der Waals surface area contributed by atoms with Gasteiger partial charge in [-0.2, -0.15) is 0 Å². The van der Waals surface area contributed by atoms with Gasteiger partial charge in [-0.1, -0.05) is 6.42 Å². The molecule has 0 amide bonds. The molecule has 1 aromatic heterocycles. The van der Waals surface area contributed by atoms with Crippen molar-refractivity contribution in [3.8, 4) is 0 Å². The molecule has 0 radical (unpaired) electrons. The molecule has 2 aliphatic carbocycles. The summed E-state index contributed by atoms with van der Waals surface area (Å²) in [6.45, 7) is 0. The zero-order valence-corrected chi connectivity index (χ0v) is 9.30. The van der Waals surface area contributed by atoms with Crippen LogP contribution in [-0.2, 0) is 0 Å². The van der Waals surface area contributed by atoms with Crippen molar-refractivity contribution in [1.29, 1.82) is 0 Å². The fourth-order valence-electron chi connectivity index (χ4n) is 3.43. The van der Waals surface area contributed by atoms with Crippen LogP contribution in [0.4, 0.5) is 0 Å². The van der Waals surface area contributed by atoms with Crippen LogP contribution in [0, 0.1) is 17.8 Å². The summed E-state index contributed by atoms with van der Waals surface area (Å²) in [5.41, 5.74) is 0.672. The van der Waals surface area contributed by atoms with E-state index in [1.807, 2.05) is 0 Å². The first-order chi connectivity index (χ1) is 7.83. The summed E-state index contributed by atoms with van der Waals surface area (Å²) in [5.74, 6) is 2.58. The molecule has 3 rings (SSSR count). The van der Waals surface area contributed by atoms with Crippen LogP contribution in [0.25, 0.3) is 0 Å². The summed E-state index contributed by atoms with van der Waals surface area (Å²) >= 11 is 0. The molecule has 1 heterocycles. The minimum absolute atomic E-state index is 0.221. The topological polar surface area (TPSA) is 42.9 Å². The number of fused-ring (bicyclic) bond motifs is 2. The van der Waals surface area contributed by atoms with Crippen molar-refractivity contribution in [1.82, 2.24) is 9.97 Å². The molecule has 0 aromatic carbocycles. The molecule has 84 valence electrons. The number of rotatable bonds is 3. The van der Waals surface area contributed by atoms with Crippen LogP contribution in [0.15, 0.2) is 18.7 Å². The summed E-state index contributed by atoms with van der Waals surface area (Å²) in [5, 5.41) is 0. The van der Waals surface area contributed by atoms with Crippen LogP contribution in [0.2, 0.25) is 0 Å². The van der Waals surface area contributed by atoms with Gasteiger partial charge >= 0.3 is 0 Å². The van der Waals surface area contributed by atoms with E-state index in [1.54, 1.807) is 12.4 Å². The Morgan fingerprint density at radius 3 is 2.69 bits per heavy atom. The quantitative estimate of drug-likeness (QED) is 0.729. The minimum atomic E-state index is 0.221. The molecule has 2 fully saturated rings. The highest BCUT2D eigenvalue weighted by molar-refractivity contribution is 5.95. The Bertz CT molecular complexity index is 390. The Morgan fingerprint density at radius 2 is 2.06 bits per heavy atom. The van der Waals surface area contributed by atoms with Crippen molar-refractivity contribution in [2.24, 2.45) is 17.8 Å². The molecule has 16 heavy (non-hydrogen) atoms. The average molecular weight is 216 g/mol. The van der Waals surface area contributed by atoms with E-state index in [0.717, 1.165) is 11.8 Å². The van der Waals surface area contributed by atoms with Crippen molar-refractivity contribution < 1.29 is 4.79 Å². The first-order valence-corrected chi connectivity index (χ1v) is 6.11. The van der Waals surface area contributed by atoms with E-state index in [0.29, 0.717) is 17.9 Å². The number of nitrogens with zero attached hydrogens (tertiary/aromatic N) is 2. The molecule has 0 spiro atoms. The Morgan fingerprint density at radius 1 is 1.25 bits per heavy atom. The second-order valence-corrected chi connectivity index (χ2v) is 5.19. The third-order valence-electron chi connectivity index (χ3n) is 4.21. The van der Waals surface area contributed by atoms with Gasteiger partial charge in [-0.05, 0) is 37.0 Å². The van der Waals surface area contributed by atoms with Gasteiger partial charge < -0.3 is 0 Å². The lowest BCUT2D eigenvalue weighted by molar-refractivity contribution is 0.0943. The number of aromatic nitrogens is 2. The van der Waals surface area contributed by atoms with Crippen LogP contribution >= 0.6 is 0 Å². The van der Waals surface area contributed by atoms with Gasteiger partial charge in [0.15, 0.2) is 5.78 Å². The van der Waals surface area contributed by atoms with E-state index in [4.69, 9.17) is 0 Å². The van der Waals surface area contributed by atoms with E-state index in [-0.39, 0.29) is 5.78 Å². The third-order valence-corrected chi connectivity index (χ3v) is 4.21. The van der Waals surface area contributed by atoms with Gasteiger partial charge in [0.2, 0.25) is 0 Å². The second kappa shape index (κ2) is 3.96. The SMILES string of the molecule is O=C(CC1CC2CCC1C2)c1cncnc1. The Labute approximate surface area is 95.3 Å². The molecule has 2 bridgehead atoms. The maximum absolute atomic E-state index is 12.0. The molecule has 3 nitrogen and oxygen atoms in total. The lowest BCUT2D eigenvalue weighted by Gasteiger charge is -2.20. The van der Waals surface area contributed by atoms with Gasteiger partial charge in [-0.15, -0.1) is 0 Å². The zero-order valence-electron chi connectivity index (χ0n) is 9.30. The molecule has 0 aliphatic heterocycles. The number of carbonyl (C=O) groups is 1. The second-order valence-electron chi connectivity index (χ2n) is 5.19. The van der Waals surface area contributed by atoms with Gasteiger partial charge in [0.25, 0.3) is 0 Å². The smallest absolute Gasteiger partial charge is 0.166 e. The minimum Gasteiger partial charge on any atom is -0.294 e. The summed E-state index contributed by atoms with van der Waals surface area (Å²) in [4.78, 5) is 19.8. The summed E-state index contributed by atoms with van der Waals surface area (Å²) < 4.78 is 0. The number of carbonyl (C=O) groups excluding carboxylic acids is 1. The fraction of sp³-hybridized carbons (Fsp3) is 0.615. The lowest BCUT2D eigenvalue weighted by atomic mass is 9.84. The van der Waals surface area contributed by atoms with Crippen molar-refractivity contribution in [2.75, 3.05) is 0 Å². The van der Waals surface area contributed by atoms with Gasteiger partial charge in [0.05, 0.1) is 5.56 Å². The van der Waals surface area contributed by atoms with Gasteiger partial charge in [0, 0.05) is 18.8 Å². The Hall–Kier alpha value is -1.25. The highest BCUT2D eigenvalue weighted by atomic mass is 16.1. The van der Waals surface area contributed by atoms with E-state index >= 15 is 0 Å². The number of hydrogen-bond acceptors (Lipinski definition) is 3. The lowest BCUT2D eigenvalue weighted by Crippen LogP contribution is -2.15. The molecule has 1 aromatic rings. The molecule has 2 saturated carbocycles. The maximum atomic E-state index is 12.0. The van der Waals surface area contributed by atoms with Crippen LogP contribution in [0.5, 0.6) is 0 Å². The van der Waals surface area contributed by atoms with Crippen LogP contribution in [0.3, 0.4) is 0 Å². The number of ketones is 1. The van der Waals surface area contributed by atoms with Crippen molar-refractivity contribution in [3.05, 3.63) is 24.3 Å². The predicted octanol–water partition coefficient (Wildman–Crippen LogP) is 2.49.